The molecule has 0 aliphatic rings. The number of aromatic hydroxyl groups is 1. The minimum Gasteiger partial charge on any atom is -0.505 e. The van der Waals surface area contributed by atoms with Crippen LogP contribution in [0.25, 0.3) is 0 Å². The van der Waals surface area contributed by atoms with Crippen LogP contribution < -0.4 is 0 Å². The topological polar surface area (TPSA) is 60.7 Å². The van der Waals surface area contributed by atoms with Gasteiger partial charge in [0, 0.05) is 12.0 Å². The number of hydrogen-bond acceptors (Lipinski definition) is 3. The number of halogens is 4. The van der Waals surface area contributed by atoms with Gasteiger partial charge in [-0.15, -0.1) is 0 Å². The van der Waals surface area contributed by atoms with E-state index in [-0.39, 0.29) is 0 Å². The maximum absolute atomic E-state index is 12.9. The molecule has 0 fully saturated rings. The molecule has 0 spiro atoms. The zero-order valence-electron chi connectivity index (χ0n) is 8.50. The van der Waals surface area contributed by atoms with Gasteiger partial charge in [-0.2, -0.15) is 13.2 Å². The second-order valence-electron chi connectivity index (χ2n) is 3.46. The van der Waals surface area contributed by atoms with E-state index in [0.29, 0.717) is 12.1 Å². The molecule has 1 rings (SSSR count). The number of rotatable bonds is 3. The Morgan fingerprint density at radius 2 is 1.82 bits per heavy atom. The molecule has 0 amide bonds. The quantitative estimate of drug-likeness (QED) is 0.715. The molecule has 0 bridgehead atoms. The molecule has 0 aliphatic carbocycles. The fourth-order valence-electron chi connectivity index (χ4n) is 1.38. The molecule has 1 unspecified atom stereocenters. The minimum absolute atomic E-state index is 0.481. The number of benzene rings is 1. The Morgan fingerprint density at radius 3 is 2.29 bits per heavy atom. The van der Waals surface area contributed by atoms with Crippen molar-refractivity contribution in [2.45, 2.75) is 18.7 Å². The molecule has 7 heteroatoms. The van der Waals surface area contributed by atoms with E-state index in [1.165, 1.54) is 0 Å². The zero-order valence-corrected chi connectivity index (χ0v) is 8.50. The van der Waals surface area contributed by atoms with Gasteiger partial charge in [0.05, 0.1) is 18.3 Å². The van der Waals surface area contributed by atoms with Crippen LogP contribution in [-0.4, -0.2) is 28.0 Å². The Kier molecular flexibility index (Phi) is 3.94. The lowest BCUT2D eigenvalue weighted by atomic mass is 10.00. The van der Waals surface area contributed by atoms with Gasteiger partial charge in [0.1, 0.15) is 0 Å². The number of aliphatic hydroxyl groups excluding tert-OH is 2. The van der Waals surface area contributed by atoms with Crippen LogP contribution in [0.4, 0.5) is 17.6 Å². The Hall–Kier alpha value is -1.34. The fourth-order valence-corrected chi connectivity index (χ4v) is 1.38. The van der Waals surface area contributed by atoms with Crippen LogP contribution in [0.15, 0.2) is 12.1 Å². The number of aliphatic hydroxyl groups is 2. The van der Waals surface area contributed by atoms with Crippen molar-refractivity contribution in [3.63, 3.8) is 0 Å². The van der Waals surface area contributed by atoms with Crippen molar-refractivity contribution in [1.82, 2.24) is 0 Å². The first-order chi connectivity index (χ1) is 7.77. The van der Waals surface area contributed by atoms with E-state index in [2.05, 4.69) is 0 Å². The van der Waals surface area contributed by atoms with Gasteiger partial charge in [0.15, 0.2) is 11.6 Å². The summed E-state index contributed by atoms with van der Waals surface area (Å²) >= 11 is 0. The summed E-state index contributed by atoms with van der Waals surface area (Å²) in [6.45, 7) is -0.784. The molecule has 17 heavy (non-hydrogen) atoms. The molecular formula is C10H10F4O3. The second kappa shape index (κ2) is 4.89. The SMILES string of the molecule is OCC(O)Cc1c(C(F)(F)F)ccc(F)c1O. The molecular weight excluding hydrogens is 244 g/mol. The normalized spacial score (nSPS) is 13.8. The molecule has 1 atom stereocenters. The van der Waals surface area contributed by atoms with Crippen LogP contribution in [0.2, 0.25) is 0 Å². The molecule has 0 saturated carbocycles. The van der Waals surface area contributed by atoms with E-state index in [4.69, 9.17) is 10.2 Å². The summed E-state index contributed by atoms with van der Waals surface area (Å²) in [6, 6.07) is 0.974. The lowest BCUT2D eigenvalue weighted by Crippen LogP contribution is -2.19. The van der Waals surface area contributed by atoms with E-state index in [1.807, 2.05) is 0 Å². The van der Waals surface area contributed by atoms with Crippen LogP contribution in [0.1, 0.15) is 11.1 Å². The number of phenols is 1. The summed E-state index contributed by atoms with van der Waals surface area (Å²) in [7, 11) is 0. The predicted molar refractivity (Wildman–Crippen MR) is 49.9 cm³/mol. The lowest BCUT2D eigenvalue weighted by molar-refractivity contribution is -0.138. The number of hydrogen-bond donors (Lipinski definition) is 3. The summed E-state index contributed by atoms with van der Waals surface area (Å²) in [5.74, 6) is -2.37. The van der Waals surface area contributed by atoms with Gasteiger partial charge in [-0.05, 0) is 12.1 Å². The van der Waals surface area contributed by atoms with E-state index in [9.17, 15) is 22.7 Å². The van der Waals surface area contributed by atoms with E-state index < -0.39 is 48.0 Å². The van der Waals surface area contributed by atoms with Gasteiger partial charge in [-0.3, -0.25) is 0 Å². The highest BCUT2D eigenvalue weighted by Gasteiger charge is 2.35. The van der Waals surface area contributed by atoms with Crippen LogP contribution in [0.5, 0.6) is 5.75 Å². The maximum Gasteiger partial charge on any atom is 0.416 e. The van der Waals surface area contributed by atoms with Gasteiger partial charge in [-0.1, -0.05) is 0 Å². The highest BCUT2D eigenvalue weighted by Crippen LogP contribution is 2.37. The fraction of sp³-hybridized carbons (Fsp3) is 0.400. The van der Waals surface area contributed by atoms with Crippen molar-refractivity contribution in [2.24, 2.45) is 0 Å². The molecule has 0 saturated heterocycles. The second-order valence-corrected chi connectivity index (χ2v) is 3.46. The zero-order chi connectivity index (χ0) is 13.2. The van der Waals surface area contributed by atoms with Gasteiger partial charge in [0.2, 0.25) is 0 Å². The van der Waals surface area contributed by atoms with Crippen molar-refractivity contribution in [1.29, 1.82) is 0 Å². The largest absolute Gasteiger partial charge is 0.505 e. The average Bonchev–Trinajstić information content (AvgIpc) is 2.22. The van der Waals surface area contributed by atoms with Crippen molar-refractivity contribution < 1.29 is 32.9 Å². The highest BCUT2D eigenvalue weighted by atomic mass is 19.4. The number of alkyl halides is 3. The van der Waals surface area contributed by atoms with Crippen molar-refractivity contribution >= 4 is 0 Å². The predicted octanol–water partition coefficient (Wildman–Crippen LogP) is 1.45. The molecule has 3 N–H and O–H groups in total. The Bertz CT molecular complexity index is 403. The molecule has 1 aromatic carbocycles. The Balaban J connectivity index is 3.27. The number of phenolic OH excluding ortho intramolecular Hbond substituents is 1. The lowest BCUT2D eigenvalue weighted by Gasteiger charge is -2.16. The van der Waals surface area contributed by atoms with Crippen LogP contribution in [0.3, 0.4) is 0 Å². The molecule has 0 heterocycles. The van der Waals surface area contributed by atoms with Gasteiger partial charge in [0.25, 0.3) is 0 Å². The third-order valence-electron chi connectivity index (χ3n) is 2.19. The molecule has 0 aromatic heterocycles. The first-order valence-electron chi connectivity index (χ1n) is 4.63. The third kappa shape index (κ3) is 3.07. The van der Waals surface area contributed by atoms with Crippen molar-refractivity contribution in [2.75, 3.05) is 6.61 Å². The third-order valence-corrected chi connectivity index (χ3v) is 2.19. The molecule has 0 radical (unpaired) electrons. The average molecular weight is 254 g/mol. The molecule has 0 aliphatic heterocycles. The Morgan fingerprint density at radius 1 is 1.24 bits per heavy atom. The van der Waals surface area contributed by atoms with Crippen LogP contribution in [0, 0.1) is 5.82 Å². The first-order valence-corrected chi connectivity index (χ1v) is 4.63. The van der Waals surface area contributed by atoms with Crippen LogP contribution >= 0.6 is 0 Å². The Labute approximate surface area is 93.9 Å². The molecule has 3 nitrogen and oxygen atoms in total. The van der Waals surface area contributed by atoms with Crippen molar-refractivity contribution in [3.05, 3.63) is 29.1 Å². The summed E-state index contributed by atoms with van der Waals surface area (Å²) in [4.78, 5) is 0. The minimum atomic E-state index is -4.77. The van der Waals surface area contributed by atoms with Crippen LogP contribution in [-0.2, 0) is 12.6 Å². The summed E-state index contributed by atoms with van der Waals surface area (Å²) in [5.41, 5.74) is -2.00. The van der Waals surface area contributed by atoms with Crippen molar-refractivity contribution in [3.8, 4) is 5.75 Å². The molecule has 1 aromatic rings. The van der Waals surface area contributed by atoms with Gasteiger partial charge < -0.3 is 15.3 Å². The van der Waals surface area contributed by atoms with E-state index in [1.54, 1.807) is 0 Å². The summed E-state index contributed by atoms with van der Waals surface area (Å²) < 4.78 is 50.6. The van der Waals surface area contributed by atoms with E-state index in [0.717, 1.165) is 0 Å². The highest BCUT2D eigenvalue weighted by molar-refractivity contribution is 5.42. The first kappa shape index (κ1) is 13.7. The van der Waals surface area contributed by atoms with Gasteiger partial charge >= 0.3 is 6.18 Å². The maximum atomic E-state index is 12.9. The van der Waals surface area contributed by atoms with E-state index >= 15 is 0 Å². The molecule has 96 valence electrons. The standard InChI is InChI=1S/C10H10F4O3/c11-8-2-1-7(10(12,13)14)6(9(8)17)3-5(16)4-15/h1-2,5,15-17H,3-4H2. The van der Waals surface area contributed by atoms with Gasteiger partial charge in [-0.25, -0.2) is 4.39 Å². The summed E-state index contributed by atoms with van der Waals surface area (Å²) in [5, 5.41) is 26.8. The summed E-state index contributed by atoms with van der Waals surface area (Å²) in [6.07, 6.45) is -6.95. The monoisotopic (exact) mass is 254 g/mol. The smallest absolute Gasteiger partial charge is 0.416 e.